The standard InChI is InChI=1S/C12H16N2O4/c1-7(9-3-4-10(18-9)12(16)17)13-6-8-2-5-11(15)14-8/h3-4,7-8,13H,2,5-6H2,1H3,(H,14,15)(H,16,17). The van der Waals surface area contributed by atoms with Gasteiger partial charge in [-0.15, -0.1) is 0 Å². The molecule has 18 heavy (non-hydrogen) atoms. The number of hydrogen-bond acceptors (Lipinski definition) is 4. The monoisotopic (exact) mass is 252 g/mol. The molecular weight excluding hydrogens is 236 g/mol. The van der Waals surface area contributed by atoms with Crippen LogP contribution in [0, 0.1) is 0 Å². The van der Waals surface area contributed by atoms with Gasteiger partial charge in [-0.2, -0.15) is 0 Å². The van der Waals surface area contributed by atoms with Gasteiger partial charge in [0.15, 0.2) is 0 Å². The number of carboxylic acid groups (broad SMARTS) is 1. The van der Waals surface area contributed by atoms with Crippen molar-refractivity contribution in [2.45, 2.75) is 31.8 Å². The number of carboxylic acids is 1. The molecule has 1 aliphatic rings. The quantitative estimate of drug-likeness (QED) is 0.724. The van der Waals surface area contributed by atoms with Crippen LogP contribution in [0.4, 0.5) is 0 Å². The molecule has 2 rings (SSSR count). The highest BCUT2D eigenvalue weighted by atomic mass is 16.4. The topological polar surface area (TPSA) is 91.6 Å². The van der Waals surface area contributed by atoms with Gasteiger partial charge in [0.25, 0.3) is 0 Å². The van der Waals surface area contributed by atoms with Crippen LogP contribution in [-0.2, 0) is 4.79 Å². The summed E-state index contributed by atoms with van der Waals surface area (Å²) in [7, 11) is 0. The summed E-state index contributed by atoms with van der Waals surface area (Å²) >= 11 is 0. The third-order valence-corrected chi connectivity index (χ3v) is 3.02. The van der Waals surface area contributed by atoms with E-state index in [9.17, 15) is 9.59 Å². The summed E-state index contributed by atoms with van der Waals surface area (Å²) in [6.07, 6.45) is 1.40. The number of aromatic carboxylic acids is 1. The van der Waals surface area contributed by atoms with E-state index in [2.05, 4.69) is 10.6 Å². The predicted octanol–water partition coefficient (Wildman–Crippen LogP) is 0.907. The predicted molar refractivity (Wildman–Crippen MR) is 63.2 cm³/mol. The van der Waals surface area contributed by atoms with Crippen molar-refractivity contribution in [1.82, 2.24) is 10.6 Å². The summed E-state index contributed by atoms with van der Waals surface area (Å²) in [5.74, 6) is -0.471. The van der Waals surface area contributed by atoms with Crippen molar-refractivity contribution in [3.8, 4) is 0 Å². The first-order chi connectivity index (χ1) is 8.56. The Labute approximate surface area is 104 Å². The minimum atomic E-state index is -1.07. The largest absolute Gasteiger partial charge is 0.475 e. The zero-order chi connectivity index (χ0) is 13.1. The molecule has 0 aromatic carbocycles. The van der Waals surface area contributed by atoms with Crippen LogP contribution in [-0.4, -0.2) is 29.6 Å². The van der Waals surface area contributed by atoms with E-state index >= 15 is 0 Å². The molecule has 6 nitrogen and oxygen atoms in total. The summed E-state index contributed by atoms with van der Waals surface area (Å²) in [4.78, 5) is 21.7. The third-order valence-electron chi connectivity index (χ3n) is 3.02. The molecule has 6 heteroatoms. The molecular formula is C12H16N2O4. The van der Waals surface area contributed by atoms with Gasteiger partial charge >= 0.3 is 5.97 Å². The van der Waals surface area contributed by atoms with E-state index in [4.69, 9.17) is 9.52 Å². The van der Waals surface area contributed by atoms with E-state index in [0.717, 1.165) is 6.42 Å². The Hall–Kier alpha value is -1.82. The molecule has 1 amide bonds. The molecule has 0 saturated carbocycles. The Morgan fingerprint density at radius 1 is 1.67 bits per heavy atom. The van der Waals surface area contributed by atoms with Gasteiger partial charge in [-0.05, 0) is 25.5 Å². The fourth-order valence-electron chi connectivity index (χ4n) is 1.95. The Bertz CT molecular complexity index is 455. The Morgan fingerprint density at radius 3 is 3.00 bits per heavy atom. The van der Waals surface area contributed by atoms with Gasteiger partial charge in [0.2, 0.25) is 11.7 Å². The lowest BCUT2D eigenvalue weighted by atomic mass is 10.2. The molecule has 1 aromatic rings. The average Bonchev–Trinajstić information content (AvgIpc) is 2.94. The van der Waals surface area contributed by atoms with Crippen molar-refractivity contribution in [2.24, 2.45) is 0 Å². The minimum Gasteiger partial charge on any atom is -0.475 e. The molecule has 1 fully saturated rings. The fourth-order valence-corrected chi connectivity index (χ4v) is 1.95. The highest BCUT2D eigenvalue weighted by Crippen LogP contribution is 2.16. The molecule has 3 N–H and O–H groups in total. The Balaban J connectivity index is 1.85. The lowest BCUT2D eigenvalue weighted by Gasteiger charge is -2.15. The molecule has 2 heterocycles. The average molecular weight is 252 g/mol. The molecule has 0 spiro atoms. The number of amides is 1. The second-order valence-electron chi connectivity index (χ2n) is 4.44. The van der Waals surface area contributed by atoms with E-state index in [1.165, 1.54) is 6.07 Å². The fraction of sp³-hybridized carbons (Fsp3) is 0.500. The lowest BCUT2D eigenvalue weighted by molar-refractivity contribution is -0.119. The van der Waals surface area contributed by atoms with Crippen molar-refractivity contribution in [1.29, 1.82) is 0 Å². The van der Waals surface area contributed by atoms with E-state index in [1.54, 1.807) is 6.07 Å². The highest BCUT2D eigenvalue weighted by molar-refractivity contribution is 5.84. The van der Waals surface area contributed by atoms with Crippen LogP contribution in [0.1, 0.15) is 42.1 Å². The van der Waals surface area contributed by atoms with Crippen molar-refractivity contribution < 1.29 is 19.1 Å². The van der Waals surface area contributed by atoms with Crippen LogP contribution in [0.15, 0.2) is 16.5 Å². The second kappa shape index (κ2) is 5.22. The molecule has 0 radical (unpaired) electrons. The summed E-state index contributed by atoms with van der Waals surface area (Å²) in [6, 6.07) is 3.14. The SMILES string of the molecule is CC(NCC1CCC(=O)N1)c1ccc(C(=O)O)o1. The van der Waals surface area contributed by atoms with E-state index in [-0.39, 0.29) is 23.8 Å². The van der Waals surface area contributed by atoms with Crippen LogP contribution in [0.2, 0.25) is 0 Å². The van der Waals surface area contributed by atoms with E-state index in [0.29, 0.717) is 18.7 Å². The number of carbonyl (C=O) groups excluding carboxylic acids is 1. The van der Waals surface area contributed by atoms with Crippen LogP contribution >= 0.6 is 0 Å². The van der Waals surface area contributed by atoms with Crippen LogP contribution in [0.5, 0.6) is 0 Å². The van der Waals surface area contributed by atoms with Crippen molar-refractivity contribution in [3.05, 3.63) is 23.7 Å². The smallest absolute Gasteiger partial charge is 0.371 e. The summed E-state index contributed by atoms with van der Waals surface area (Å²) < 4.78 is 5.19. The summed E-state index contributed by atoms with van der Waals surface area (Å²) in [6.45, 7) is 2.54. The van der Waals surface area contributed by atoms with Gasteiger partial charge in [0, 0.05) is 19.0 Å². The van der Waals surface area contributed by atoms with Crippen molar-refractivity contribution in [2.75, 3.05) is 6.54 Å². The molecule has 1 saturated heterocycles. The first-order valence-corrected chi connectivity index (χ1v) is 5.92. The normalized spacial score (nSPS) is 20.7. The van der Waals surface area contributed by atoms with Crippen LogP contribution in [0.25, 0.3) is 0 Å². The zero-order valence-electron chi connectivity index (χ0n) is 10.1. The van der Waals surface area contributed by atoms with Crippen LogP contribution in [0.3, 0.4) is 0 Å². The maximum absolute atomic E-state index is 11.0. The first kappa shape index (κ1) is 12.6. The van der Waals surface area contributed by atoms with Gasteiger partial charge in [-0.1, -0.05) is 0 Å². The van der Waals surface area contributed by atoms with E-state index < -0.39 is 5.97 Å². The van der Waals surface area contributed by atoms with Gasteiger partial charge in [-0.3, -0.25) is 4.79 Å². The lowest BCUT2D eigenvalue weighted by Crippen LogP contribution is -2.36. The molecule has 1 aromatic heterocycles. The summed E-state index contributed by atoms with van der Waals surface area (Å²) in [5.41, 5.74) is 0. The third kappa shape index (κ3) is 2.89. The van der Waals surface area contributed by atoms with Crippen molar-refractivity contribution in [3.63, 3.8) is 0 Å². The van der Waals surface area contributed by atoms with Gasteiger partial charge in [0.05, 0.1) is 6.04 Å². The minimum absolute atomic E-state index is 0.0622. The number of hydrogen-bond donors (Lipinski definition) is 3. The van der Waals surface area contributed by atoms with Crippen molar-refractivity contribution >= 4 is 11.9 Å². The Morgan fingerprint density at radius 2 is 2.44 bits per heavy atom. The number of rotatable bonds is 5. The van der Waals surface area contributed by atoms with E-state index in [1.807, 2.05) is 6.92 Å². The Kier molecular flexibility index (Phi) is 3.66. The molecule has 1 aliphatic heterocycles. The number of nitrogens with one attached hydrogen (secondary N) is 2. The van der Waals surface area contributed by atoms with Crippen LogP contribution < -0.4 is 10.6 Å². The maximum Gasteiger partial charge on any atom is 0.371 e. The first-order valence-electron chi connectivity index (χ1n) is 5.92. The molecule has 2 unspecified atom stereocenters. The molecule has 2 atom stereocenters. The second-order valence-corrected chi connectivity index (χ2v) is 4.44. The zero-order valence-corrected chi connectivity index (χ0v) is 10.1. The number of furan rings is 1. The molecule has 0 aliphatic carbocycles. The van der Waals surface area contributed by atoms with Gasteiger partial charge in [0.1, 0.15) is 5.76 Å². The summed E-state index contributed by atoms with van der Waals surface area (Å²) in [5, 5.41) is 14.8. The maximum atomic E-state index is 11.0. The highest BCUT2D eigenvalue weighted by Gasteiger charge is 2.21. The molecule has 0 bridgehead atoms. The molecule has 98 valence electrons. The van der Waals surface area contributed by atoms with Gasteiger partial charge in [-0.25, -0.2) is 4.79 Å². The van der Waals surface area contributed by atoms with Gasteiger partial charge < -0.3 is 20.2 Å². The number of carbonyl (C=O) groups is 2.